The van der Waals surface area contributed by atoms with Crippen LogP contribution in [-0.2, 0) is 4.74 Å². The topological polar surface area (TPSA) is 127 Å². The van der Waals surface area contributed by atoms with Crippen LogP contribution in [0, 0.1) is 0 Å². The molecule has 0 rings (SSSR count). The molecule has 0 aliphatic rings. The molecule has 0 aromatic heterocycles. The Morgan fingerprint density at radius 2 is 1.77 bits per heavy atom. The summed E-state index contributed by atoms with van der Waals surface area (Å²) in [6.45, 7) is -1.52. The molecular weight excluding hydrogens is 184 g/mol. The average molecular weight is 196 g/mol. The van der Waals surface area contributed by atoms with E-state index in [9.17, 15) is 4.79 Å². The Kier molecular flexibility index (Phi) is 5.31. The van der Waals surface area contributed by atoms with Crippen molar-refractivity contribution in [3.05, 3.63) is 0 Å². The molecular formula is C6H12O7. The van der Waals surface area contributed by atoms with Gasteiger partial charge in [-0.15, -0.1) is 0 Å². The number of ether oxygens (including phenoxy) is 1. The van der Waals surface area contributed by atoms with Gasteiger partial charge in [-0.25, -0.2) is 4.79 Å². The number of rotatable bonds is 5. The summed E-state index contributed by atoms with van der Waals surface area (Å²) in [5, 5.41) is 43.0. The first kappa shape index (κ1) is 12.1. The highest BCUT2D eigenvalue weighted by atomic mass is 16.7. The number of carboxylic acid groups (broad SMARTS) is 1. The van der Waals surface area contributed by atoms with Crippen LogP contribution in [-0.4, -0.2) is 63.2 Å². The van der Waals surface area contributed by atoms with E-state index in [2.05, 4.69) is 4.74 Å². The molecule has 0 saturated heterocycles. The minimum Gasteiger partial charge on any atom is -0.450 e. The molecule has 7 nitrogen and oxygen atoms in total. The zero-order valence-electron chi connectivity index (χ0n) is 6.70. The van der Waals surface area contributed by atoms with Crippen LogP contribution in [0.5, 0.6) is 0 Å². The van der Waals surface area contributed by atoms with Gasteiger partial charge in [0.25, 0.3) is 0 Å². The molecule has 0 bridgehead atoms. The molecule has 0 fully saturated rings. The third-order valence-electron chi connectivity index (χ3n) is 1.39. The summed E-state index contributed by atoms with van der Waals surface area (Å²) in [6, 6.07) is 0. The molecule has 0 heterocycles. The van der Waals surface area contributed by atoms with Crippen molar-refractivity contribution in [2.24, 2.45) is 0 Å². The smallest absolute Gasteiger partial charge is 0.450 e. The van der Waals surface area contributed by atoms with Gasteiger partial charge in [0, 0.05) is 0 Å². The van der Waals surface area contributed by atoms with Crippen LogP contribution in [0.2, 0.25) is 0 Å². The number of hydrogen-bond acceptors (Lipinski definition) is 6. The molecule has 0 aliphatic carbocycles. The first-order chi connectivity index (χ1) is 6.02. The van der Waals surface area contributed by atoms with Gasteiger partial charge in [-0.1, -0.05) is 0 Å². The van der Waals surface area contributed by atoms with E-state index in [4.69, 9.17) is 25.5 Å². The Balaban J connectivity index is 4.13. The zero-order chi connectivity index (χ0) is 10.4. The fraction of sp³-hybridized carbons (Fsp3) is 0.833. The minimum absolute atomic E-state index is 0.749. The zero-order valence-corrected chi connectivity index (χ0v) is 6.70. The summed E-state index contributed by atoms with van der Waals surface area (Å²) >= 11 is 0. The second kappa shape index (κ2) is 5.70. The fourth-order valence-electron chi connectivity index (χ4n) is 0.700. The summed E-state index contributed by atoms with van der Waals surface area (Å²) in [5.74, 6) is 0. The first-order valence-corrected chi connectivity index (χ1v) is 3.50. The van der Waals surface area contributed by atoms with Crippen LogP contribution in [0.25, 0.3) is 0 Å². The molecule has 5 N–H and O–H groups in total. The van der Waals surface area contributed by atoms with Crippen molar-refractivity contribution in [2.45, 2.75) is 18.3 Å². The number of aliphatic hydroxyl groups excluding tert-OH is 4. The van der Waals surface area contributed by atoms with E-state index in [1.807, 2.05) is 0 Å². The minimum atomic E-state index is -1.68. The quantitative estimate of drug-likeness (QED) is 0.314. The number of hydrogen-bond donors (Lipinski definition) is 5. The van der Waals surface area contributed by atoms with Crippen LogP contribution in [0.4, 0.5) is 4.79 Å². The number of carbonyl (C=O) groups is 1. The van der Waals surface area contributed by atoms with Gasteiger partial charge in [-0.2, -0.15) is 0 Å². The molecule has 0 aromatic carbocycles. The van der Waals surface area contributed by atoms with Crippen molar-refractivity contribution in [2.75, 3.05) is 13.2 Å². The Hall–Kier alpha value is -0.890. The largest absolute Gasteiger partial charge is 0.506 e. The van der Waals surface area contributed by atoms with Gasteiger partial charge in [0.15, 0.2) is 6.10 Å². The van der Waals surface area contributed by atoms with Crippen LogP contribution < -0.4 is 0 Å². The molecule has 7 heteroatoms. The lowest BCUT2D eigenvalue weighted by molar-refractivity contribution is -0.101. The number of aliphatic hydroxyl groups is 4. The third-order valence-corrected chi connectivity index (χ3v) is 1.39. The van der Waals surface area contributed by atoms with E-state index in [-0.39, 0.29) is 0 Å². The van der Waals surface area contributed by atoms with Gasteiger partial charge in [0.05, 0.1) is 13.2 Å². The predicted molar refractivity (Wildman–Crippen MR) is 39.1 cm³/mol. The molecule has 0 spiro atoms. The molecule has 0 unspecified atom stereocenters. The molecule has 0 amide bonds. The molecule has 0 radical (unpaired) electrons. The maximum absolute atomic E-state index is 10.00. The monoisotopic (exact) mass is 196 g/mol. The van der Waals surface area contributed by atoms with Gasteiger partial charge in [0.1, 0.15) is 12.2 Å². The predicted octanol–water partition coefficient (Wildman–Crippen LogP) is -2.24. The Morgan fingerprint density at radius 3 is 2.08 bits per heavy atom. The molecule has 0 aromatic rings. The average Bonchev–Trinajstić information content (AvgIpc) is 2.11. The van der Waals surface area contributed by atoms with E-state index in [0.717, 1.165) is 0 Å². The molecule has 78 valence electrons. The van der Waals surface area contributed by atoms with Crippen molar-refractivity contribution in [3.63, 3.8) is 0 Å². The summed E-state index contributed by atoms with van der Waals surface area (Å²) in [5.41, 5.74) is 0. The fourth-order valence-corrected chi connectivity index (χ4v) is 0.700. The highest BCUT2D eigenvalue weighted by molar-refractivity contribution is 5.57. The van der Waals surface area contributed by atoms with Crippen LogP contribution >= 0.6 is 0 Å². The highest BCUT2D eigenvalue weighted by Crippen LogP contribution is 2.04. The van der Waals surface area contributed by atoms with Gasteiger partial charge in [-0.05, 0) is 0 Å². The van der Waals surface area contributed by atoms with Crippen molar-refractivity contribution in [3.8, 4) is 0 Å². The molecule has 0 aliphatic heterocycles. The van der Waals surface area contributed by atoms with Crippen LogP contribution in [0.1, 0.15) is 0 Å². The lowest BCUT2D eigenvalue weighted by Gasteiger charge is -2.22. The lowest BCUT2D eigenvalue weighted by atomic mass is 10.1. The van der Waals surface area contributed by atoms with Gasteiger partial charge < -0.3 is 30.3 Å². The highest BCUT2D eigenvalue weighted by Gasteiger charge is 2.28. The normalized spacial score (nSPS) is 17.5. The second-order valence-corrected chi connectivity index (χ2v) is 2.35. The summed E-state index contributed by atoms with van der Waals surface area (Å²) in [6.07, 6.45) is -6.33. The van der Waals surface area contributed by atoms with E-state index in [1.165, 1.54) is 0 Å². The van der Waals surface area contributed by atoms with Crippen molar-refractivity contribution in [1.29, 1.82) is 0 Å². The first-order valence-electron chi connectivity index (χ1n) is 3.50. The van der Waals surface area contributed by atoms with Crippen molar-refractivity contribution < 1.29 is 35.1 Å². The standard InChI is InChI=1S/C6H12O7/c7-1-3(9)5(10)4(2-8)13-6(11)12/h3-5,7-10H,1-2H2,(H,11,12)/t3-,4-,5-/m1/s1. The maximum atomic E-state index is 10.00. The van der Waals surface area contributed by atoms with E-state index < -0.39 is 37.7 Å². The van der Waals surface area contributed by atoms with Gasteiger partial charge >= 0.3 is 6.16 Å². The Bertz CT molecular complexity index is 159. The molecule has 0 saturated carbocycles. The summed E-state index contributed by atoms with van der Waals surface area (Å²) in [7, 11) is 0. The Labute approximate surface area is 73.8 Å². The van der Waals surface area contributed by atoms with Gasteiger partial charge in [0.2, 0.25) is 0 Å². The summed E-state index contributed by atoms with van der Waals surface area (Å²) in [4.78, 5) is 10.00. The van der Waals surface area contributed by atoms with Crippen LogP contribution in [0.15, 0.2) is 0 Å². The van der Waals surface area contributed by atoms with E-state index in [0.29, 0.717) is 0 Å². The third kappa shape index (κ3) is 4.04. The molecule has 3 atom stereocenters. The van der Waals surface area contributed by atoms with Crippen molar-refractivity contribution >= 4 is 6.16 Å². The summed E-state index contributed by atoms with van der Waals surface area (Å²) < 4.78 is 4.03. The Morgan fingerprint density at radius 1 is 1.23 bits per heavy atom. The second-order valence-electron chi connectivity index (χ2n) is 2.35. The van der Waals surface area contributed by atoms with Crippen molar-refractivity contribution in [1.82, 2.24) is 0 Å². The SMILES string of the molecule is O=C(O)O[C@H](CO)[C@H](O)[C@H](O)CO. The lowest BCUT2D eigenvalue weighted by Crippen LogP contribution is -2.43. The van der Waals surface area contributed by atoms with E-state index >= 15 is 0 Å². The molecule has 13 heavy (non-hydrogen) atoms. The van der Waals surface area contributed by atoms with Crippen LogP contribution in [0.3, 0.4) is 0 Å². The maximum Gasteiger partial charge on any atom is 0.506 e. The van der Waals surface area contributed by atoms with Gasteiger partial charge in [-0.3, -0.25) is 0 Å². The van der Waals surface area contributed by atoms with E-state index in [1.54, 1.807) is 0 Å².